The Morgan fingerprint density at radius 3 is 2.00 bits per heavy atom. The van der Waals surface area contributed by atoms with Crippen LogP contribution in [0.5, 0.6) is 0 Å². The number of nitrogens with zero attached hydrogens (tertiary/aromatic N) is 1. The molecule has 0 atom stereocenters. The number of rotatable bonds is 0. The maximum Gasteiger partial charge on any atom is 0.108 e. The van der Waals surface area contributed by atoms with Crippen molar-refractivity contribution < 1.29 is 0 Å². The largest absolute Gasteiger partial charge is 0.313 e. The van der Waals surface area contributed by atoms with Crippen molar-refractivity contribution in [1.82, 2.24) is 5.43 Å². The van der Waals surface area contributed by atoms with Crippen LogP contribution in [0.2, 0.25) is 0 Å². The predicted molar refractivity (Wildman–Crippen MR) is 40.2 cm³/mol. The summed E-state index contributed by atoms with van der Waals surface area (Å²) >= 11 is 0. The molecule has 0 bridgehead atoms. The van der Waals surface area contributed by atoms with E-state index in [1.54, 1.807) is 0 Å². The molecular weight excluding hydrogens is 114 g/mol. The van der Waals surface area contributed by atoms with Crippen LogP contribution in [0.15, 0.2) is 4.99 Å². The van der Waals surface area contributed by atoms with Gasteiger partial charge in [-0.3, -0.25) is 4.99 Å². The minimum atomic E-state index is -0.0313. The summed E-state index contributed by atoms with van der Waals surface area (Å²) in [5.74, 6) is 5.86. The van der Waals surface area contributed by atoms with Gasteiger partial charge >= 0.3 is 0 Å². The fourth-order valence-electron chi connectivity index (χ4n) is 0.535. The fraction of sp³-hybridized carbons (Fsp3) is 0.833. The van der Waals surface area contributed by atoms with Crippen molar-refractivity contribution >= 4 is 5.84 Å². The maximum atomic E-state index is 5.10. The van der Waals surface area contributed by atoms with Crippen molar-refractivity contribution in [2.75, 3.05) is 0 Å². The molecule has 0 aliphatic heterocycles. The summed E-state index contributed by atoms with van der Waals surface area (Å²) < 4.78 is 0. The van der Waals surface area contributed by atoms with Crippen LogP contribution >= 0.6 is 0 Å². The van der Waals surface area contributed by atoms with Gasteiger partial charge in [0.25, 0.3) is 0 Å². The third-order valence-electron chi connectivity index (χ3n) is 0.712. The molecule has 0 amide bonds. The molecular formula is C6H15N3. The summed E-state index contributed by atoms with van der Waals surface area (Å²) in [6.45, 7) is 7.90. The van der Waals surface area contributed by atoms with Gasteiger partial charge in [0, 0.05) is 0 Å². The Hall–Kier alpha value is -0.570. The minimum absolute atomic E-state index is 0.0313. The highest BCUT2D eigenvalue weighted by Crippen LogP contribution is 2.05. The molecule has 0 fully saturated rings. The van der Waals surface area contributed by atoms with Crippen LogP contribution in [0.3, 0.4) is 0 Å². The summed E-state index contributed by atoms with van der Waals surface area (Å²) in [4.78, 5) is 4.21. The van der Waals surface area contributed by atoms with E-state index in [4.69, 9.17) is 5.84 Å². The zero-order valence-corrected chi connectivity index (χ0v) is 6.52. The van der Waals surface area contributed by atoms with Gasteiger partial charge in [-0.25, -0.2) is 5.84 Å². The first-order valence-electron chi connectivity index (χ1n) is 2.99. The van der Waals surface area contributed by atoms with E-state index in [0.29, 0.717) is 0 Å². The first-order chi connectivity index (χ1) is 3.95. The molecule has 0 saturated carbocycles. The van der Waals surface area contributed by atoms with Gasteiger partial charge in [-0.05, 0) is 27.7 Å². The van der Waals surface area contributed by atoms with Crippen LogP contribution in [-0.4, -0.2) is 11.4 Å². The van der Waals surface area contributed by atoms with Crippen molar-refractivity contribution in [2.24, 2.45) is 10.8 Å². The second-order valence-electron chi connectivity index (χ2n) is 3.01. The average Bonchev–Trinajstić information content (AvgIpc) is 1.62. The highest BCUT2D eigenvalue weighted by atomic mass is 15.2. The molecule has 0 aromatic heterocycles. The maximum absolute atomic E-state index is 5.10. The molecule has 0 aromatic carbocycles. The third kappa shape index (κ3) is 5.30. The molecule has 0 radical (unpaired) electrons. The molecule has 0 saturated heterocycles. The first-order valence-corrected chi connectivity index (χ1v) is 2.99. The van der Waals surface area contributed by atoms with Gasteiger partial charge in [0.1, 0.15) is 5.84 Å². The zero-order chi connectivity index (χ0) is 7.49. The quantitative estimate of drug-likeness (QED) is 0.218. The smallest absolute Gasteiger partial charge is 0.108 e. The second kappa shape index (κ2) is 2.82. The van der Waals surface area contributed by atoms with Crippen LogP contribution in [-0.2, 0) is 0 Å². The third-order valence-corrected chi connectivity index (χ3v) is 0.712. The number of hydrazine groups is 1. The number of nitrogens with one attached hydrogen (secondary N) is 1. The van der Waals surface area contributed by atoms with Crippen molar-refractivity contribution in [2.45, 2.75) is 33.2 Å². The first kappa shape index (κ1) is 8.43. The second-order valence-corrected chi connectivity index (χ2v) is 3.01. The van der Waals surface area contributed by atoms with Gasteiger partial charge in [0.2, 0.25) is 0 Å². The van der Waals surface area contributed by atoms with Gasteiger partial charge in [-0.2, -0.15) is 0 Å². The lowest BCUT2D eigenvalue weighted by molar-refractivity contribution is 0.579. The molecule has 0 heterocycles. The number of aliphatic imine (C=N–C) groups is 1. The van der Waals surface area contributed by atoms with E-state index in [9.17, 15) is 0 Å². The van der Waals surface area contributed by atoms with E-state index >= 15 is 0 Å². The number of nitrogens with two attached hydrogens (primary N) is 1. The summed E-state index contributed by atoms with van der Waals surface area (Å²) in [6, 6.07) is 0. The normalized spacial score (nSPS) is 13.7. The van der Waals surface area contributed by atoms with Crippen molar-refractivity contribution in [1.29, 1.82) is 0 Å². The van der Waals surface area contributed by atoms with Crippen LogP contribution < -0.4 is 11.3 Å². The van der Waals surface area contributed by atoms with Crippen molar-refractivity contribution in [3.63, 3.8) is 0 Å². The lowest BCUT2D eigenvalue weighted by atomic mass is 10.1. The highest BCUT2D eigenvalue weighted by Gasteiger charge is 2.05. The Labute approximate surface area is 56.3 Å². The lowest BCUT2D eigenvalue weighted by Crippen LogP contribution is -2.30. The molecule has 3 nitrogen and oxygen atoms in total. The molecule has 9 heavy (non-hydrogen) atoms. The molecule has 0 unspecified atom stereocenters. The number of hydrogen-bond donors (Lipinski definition) is 2. The van der Waals surface area contributed by atoms with Crippen LogP contribution in [0.4, 0.5) is 0 Å². The SMILES string of the molecule is CC(=NC(C)(C)C)NN. The molecule has 0 aliphatic rings. The van der Waals surface area contributed by atoms with Gasteiger partial charge in [-0.15, -0.1) is 0 Å². The van der Waals surface area contributed by atoms with Gasteiger partial charge in [0.05, 0.1) is 5.54 Å². The lowest BCUT2D eigenvalue weighted by Gasteiger charge is -2.12. The molecule has 3 heteroatoms. The van der Waals surface area contributed by atoms with Gasteiger partial charge in [0.15, 0.2) is 0 Å². The van der Waals surface area contributed by atoms with Crippen molar-refractivity contribution in [3.05, 3.63) is 0 Å². The molecule has 0 aliphatic carbocycles. The number of hydrogen-bond acceptors (Lipinski definition) is 2. The van der Waals surface area contributed by atoms with E-state index < -0.39 is 0 Å². The molecule has 0 spiro atoms. The summed E-state index contributed by atoms with van der Waals surface area (Å²) in [7, 11) is 0. The Bertz CT molecular complexity index is 110. The van der Waals surface area contributed by atoms with Gasteiger partial charge < -0.3 is 5.43 Å². The fourth-order valence-corrected chi connectivity index (χ4v) is 0.535. The Morgan fingerprint density at radius 2 is 1.89 bits per heavy atom. The molecule has 3 N–H and O–H groups in total. The van der Waals surface area contributed by atoms with Crippen molar-refractivity contribution in [3.8, 4) is 0 Å². The minimum Gasteiger partial charge on any atom is -0.313 e. The van der Waals surface area contributed by atoms with E-state index in [-0.39, 0.29) is 5.54 Å². The zero-order valence-electron chi connectivity index (χ0n) is 6.52. The van der Waals surface area contributed by atoms with E-state index in [1.807, 2.05) is 27.7 Å². The number of amidine groups is 1. The highest BCUT2D eigenvalue weighted by molar-refractivity contribution is 5.79. The molecule has 0 aromatic rings. The Kier molecular flexibility index (Phi) is 2.65. The molecule has 0 rings (SSSR count). The van der Waals surface area contributed by atoms with Crippen LogP contribution in [0, 0.1) is 0 Å². The topological polar surface area (TPSA) is 50.4 Å². The summed E-state index contributed by atoms with van der Waals surface area (Å²) in [5.41, 5.74) is 2.44. The Morgan fingerprint density at radius 1 is 1.44 bits per heavy atom. The Balaban J connectivity index is 3.95. The van der Waals surface area contributed by atoms with Crippen LogP contribution in [0.1, 0.15) is 27.7 Å². The van der Waals surface area contributed by atoms with Gasteiger partial charge in [-0.1, -0.05) is 0 Å². The predicted octanol–water partition coefficient (Wildman–Crippen LogP) is 0.667. The van der Waals surface area contributed by atoms with E-state index in [1.165, 1.54) is 0 Å². The monoisotopic (exact) mass is 129 g/mol. The van der Waals surface area contributed by atoms with E-state index in [2.05, 4.69) is 10.4 Å². The summed E-state index contributed by atoms with van der Waals surface area (Å²) in [5, 5.41) is 0. The van der Waals surface area contributed by atoms with Crippen LogP contribution in [0.25, 0.3) is 0 Å². The van der Waals surface area contributed by atoms with E-state index in [0.717, 1.165) is 5.84 Å². The average molecular weight is 129 g/mol. The summed E-state index contributed by atoms with van der Waals surface area (Å²) in [6.07, 6.45) is 0. The molecule has 54 valence electrons. The standard InChI is InChI=1S/C6H15N3/c1-5(9-7)8-6(2,3)4/h7H2,1-4H3,(H,8,9).